The molecule has 0 aromatic carbocycles. The van der Waals surface area contributed by atoms with Crippen LogP contribution in [0.4, 0.5) is 11.1 Å². The monoisotopic (exact) mass is 328 g/mol. The summed E-state index contributed by atoms with van der Waals surface area (Å²) in [6.45, 7) is 4.67. The third-order valence-corrected chi connectivity index (χ3v) is 4.87. The summed E-state index contributed by atoms with van der Waals surface area (Å²) in [6, 6.07) is 0. The Morgan fingerprint density at radius 3 is 2.48 bits per heavy atom. The van der Waals surface area contributed by atoms with E-state index in [1.807, 2.05) is 13.8 Å². The molecule has 10 heteroatoms. The third kappa shape index (κ3) is 4.08. The number of sulfonamides is 1. The van der Waals surface area contributed by atoms with Crippen molar-refractivity contribution in [2.24, 2.45) is 0 Å². The van der Waals surface area contributed by atoms with E-state index in [4.69, 9.17) is 0 Å². The molecule has 0 saturated carbocycles. The highest BCUT2D eigenvalue weighted by molar-refractivity contribution is 7.93. The fourth-order valence-corrected chi connectivity index (χ4v) is 3.19. The molecule has 2 heterocycles. The van der Waals surface area contributed by atoms with Crippen molar-refractivity contribution in [3.8, 4) is 0 Å². The van der Waals surface area contributed by atoms with E-state index >= 15 is 0 Å². The van der Waals surface area contributed by atoms with E-state index in [1.165, 1.54) is 23.7 Å². The molecule has 0 radical (unpaired) electrons. The van der Waals surface area contributed by atoms with Gasteiger partial charge in [0.05, 0.1) is 12.4 Å². The lowest BCUT2D eigenvalue weighted by Crippen LogP contribution is -2.14. The van der Waals surface area contributed by atoms with Crippen LogP contribution in [0.15, 0.2) is 17.3 Å². The smallest absolute Gasteiger partial charge is 0.266 e. The van der Waals surface area contributed by atoms with Crippen LogP contribution in [0.25, 0.3) is 0 Å². The summed E-state index contributed by atoms with van der Waals surface area (Å²) in [7, 11) is -3.74. The van der Waals surface area contributed by atoms with Crippen molar-refractivity contribution in [2.75, 3.05) is 16.6 Å². The number of nitrogens with one attached hydrogen (secondary N) is 2. The molecule has 0 aliphatic carbocycles. The van der Waals surface area contributed by atoms with Crippen LogP contribution >= 0.6 is 11.3 Å². The van der Waals surface area contributed by atoms with Gasteiger partial charge in [0.15, 0.2) is 0 Å². The minimum atomic E-state index is -3.74. The third-order valence-electron chi connectivity index (χ3n) is 2.46. The Labute approximate surface area is 127 Å². The van der Waals surface area contributed by atoms with Crippen LogP contribution in [0, 0.1) is 0 Å². The number of aromatic nitrogens is 4. The molecular formula is C11H16N6O2S2. The van der Waals surface area contributed by atoms with Crippen molar-refractivity contribution < 1.29 is 8.42 Å². The first kappa shape index (κ1) is 15.6. The molecule has 2 aromatic rings. The highest BCUT2D eigenvalue weighted by Crippen LogP contribution is 2.19. The predicted molar refractivity (Wildman–Crippen MR) is 80.9 cm³/mol. The summed E-state index contributed by atoms with van der Waals surface area (Å²) >= 11 is 1.20. The number of hydrogen-bond donors (Lipinski definition) is 2. The summed E-state index contributed by atoms with van der Waals surface area (Å²) in [5, 5.41) is 11.6. The summed E-state index contributed by atoms with van der Waals surface area (Å²) in [6.07, 6.45) is 4.16. The van der Waals surface area contributed by atoms with Crippen molar-refractivity contribution >= 4 is 32.4 Å². The van der Waals surface area contributed by atoms with Crippen molar-refractivity contribution in [3.05, 3.63) is 17.4 Å². The van der Waals surface area contributed by atoms with E-state index in [0.29, 0.717) is 12.4 Å². The number of rotatable bonds is 7. The lowest BCUT2D eigenvalue weighted by atomic mass is 10.5. The SMILES string of the molecule is CCCNc1ncc(S(=O)(=O)Nc2nnc(CC)s2)cn1. The van der Waals surface area contributed by atoms with E-state index in [0.717, 1.165) is 18.0 Å². The van der Waals surface area contributed by atoms with Crippen LogP contribution in [0.3, 0.4) is 0 Å². The van der Waals surface area contributed by atoms with Gasteiger partial charge in [0.1, 0.15) is 9.90 Å². The van der Waals surface area contributed by atoms with Crippen LogP contribution in [-0.4, -0.2) is 35.1 Å². The summed E-state index contributed by atoms with van der Waals surface area (Å²) < 4.78 is 26.7. The standard InChI is InChI=1S/C11H16N6O2S2/c1-3-5-12-10-13-6-8(7-14-10)21(18,19)17-11-16-15-9(4-2)20-11/h6-7H,3-5H2,1-2H3,(H,16,17)(H,12,13,14). The Balaban J connectivity index is 2.11. The van der Waals surface area contributed by atoms with Gasteiger partial charge < -0.3 is 5.32 Å². The molecule has 2 aromatic heterocycles. The molecule has 2 N–H and O–H groups in total. The normalized spacial score (nSPS) is 11.3. The Kier molecular flexibility index (Phi) is 5.02. The van der Waals surface area contributed by atoms with E-state index < -0.39 is 10.0 Å². The van der Waals surface area contributed by atoms with Gasteiger partial charge in [0.2, 0.25) is 11.1 Å². The van der Waals surface area contributed by atoms with E-state index in [9.17, 15) is 8.42 Å². The van der Waals surface area contributed by atoms with Crippen molar-refractivity contribution in [1.29, 1.82) is 0 Å². The molecular weight excluding hydrogens is 312 g/mol. The second-order valence-corrected chi connectivity index (χ2v) is 6.87. The van der Waals surface area contributed by atoms with E-state index in [-0.39, 0.29) is 10.0 Å². The van der Waals surface area contributed by atoms with Gasteiger partial charge >= 0.3 is 0 Å². The highest BCUT2D eigenvalue weighted by atomic mass is 32.2. The predicted octanol–water partition coefficient (Wildman–Crippen LogP) is 1.51. The fourth-order valence-electron chi connectivity index (χ4n) is 1.39. The molecule has 0 saturated heterocycles. The molecule has 0 bridgehead atoms. The summed E-state index contributed by atoms with van der Waals surface area (Å²) in [5.41, 5.74) is 0. The van der Waals surface area contributed by atoms with Crippen molar-refractivity contribution in [1.82, 2.24) is 20.2 Å². The molecule has 0 atom stereocenters. The Bertz CT molecular complexity index is 683. The van der Waals surface area contributed by atoms with Gasteiger partial charge in [0.25, 0.3) is 10.0 Å². The first-order valence-corrected chi connectivity index (χ1v) is 8.76. The Hall–Kier alpha value is -1.81. The maximum atomic E-state index is 12.2. The zero-order valence-corrected chi connectivity index (χ0v) is 13.3. The molecule has 0 amide bonds. The molecule has 0 spiro atoms. The van der Waals surface area contributed by atoms with Gasteiger partial charge in [-0.05, 0) is 12.8 Å². The first-order valence-electron chi connectivity index (χ1n) is 6.46. The van der Waals surface area contributed by atoms with Gasteiger partial charge in [0, 0.05) is 6.54 Å². The Morgan fingerprint density at radius 2 is 1.90 bits per heavy atom. The average Bonchev–Trinajstić information content (AvgIpc) is 2.92. The summed E-state index contributed by atoms with van der Waals surface area (Å²) in [5.74, 6) is 0.403. The van der Waals surface area contributed by atoms with Gasteiger partial charge in [-0.25, -0.2) is 18.4 Å². The van der Waals surface area contributed by atoms with Crippen LogP contribution in [-0.2, 0) is 16.4 Å². The Morgan fingerprint density at radius 1 is 1.19 bits per heavy atom. The van der Waals surface area contributed by atoms with Gasteiger partial charge in [-0.2, -0.15) is 0 Å². The zero-order chi connectivity index (χ0) is 15.3. The topological polar surface area (TPSA) is 110 Å². The quantitative estimate of drug-likeness (QED) is 0.792. The van der Waals surface area contributed by atoms with E-state index in [2.05, 4.69) is 30.2 Å². The number of anilines is 2. The highest BCUT2D eigenvalue weighted by Gasteiger charge is 2.17. The molecule has 21 heavy (non-hydrogen) atoms. The largest absolute Gasteiger partial charge is 0.354 e. The van der Waals surface area contributed by atoms with Crippen molar-refractivity contribution in [2.45, 2.75) is 31.6 Å². The van der Waals surface area contributed by atoms with Crippen LogP contribution in [0.1, 0.15) is 25.3 Å². The molecule has 0 unspecified atom stereocenters. The number of aryl methyl sites for hydroxylation is 1. The zero-order valence-electron chi connectivity index (χ0n) is 11.7. The maximum absolute atomic E-state index is 12.2. The molecule has 0 aliphatic heterocycles. The second-order valence-electron chi connectivity index (χ2n) is 4.13. The lowest BCUT2D eigenvalue weighted by molar-refractivity contribution is 0.600. The molecule has 8 nitrogen and oxygen atoms in total. The minimum absolute atomic E-state index is 0.0159. The lowest BCUT2D eigenvalue weighted by Gasteiger charge is -2.05. The van der Waals surface area contributed by atoms with Gasteiger partial charge in [-0.3, -0.25) is 4.72 Å². The van der Waals surface area contributed by atoms with Crippen LogP contribution in [0.5, 0.6) is 0 Å². The van der Waals surface area contributed by atoms with Gasteiger partial charge in [-0.15, -0.1) is 10.2 Å². The maximum Gasteiger partial charge on any atom is 0.266 e. The molecule has 0 fully saturated rings. The number of hydrogen-bond acceptors (Lipinski definition) is 8. The van der Waals surface area contributed by atoms with Crippen LogP contribution < -0.4 is 10.0 Å². The fraction of sp³-hybridized carbons (Fsp3) is 0.455. The second kappa shape index (κ2) is 6.76. The summed E-state index contributed by atoms with van der Waals surface area (Å²) in [4.78, 5) is 7.93. The minimum Gasteiger partial charge on any atom is -0.354 e. The van der Waals surface area contributed by atoms with E-state index in [1.54, 1.807) is 0 Å². The molecule has 0 aliphatic rings. The number of nitrogens with zero attached hydrogens (tertiary/aromatic N) is 4. The molecule has 2 rings (SSSR count). The average molecular weight is 328 g/mol. The van der Waals surface area contributed by atoms with Crippen molar-refractivity contribution in [3.63, 3.8) is 0 Å². The van der Waals surface area contributed by atoms with Gasteiger partial charge in [-0.1, -0.05) is 25.2 Å². The molecule has 114 valence electrons. The van der Waals surface area contributed by atoms with Crippen LogP contribution in [0.2, 0.25) is 0 Å². The first-order chi connectivity index (χ1) is 10.0.